The van der Waals surface area contributed by atoms with Crippen LogP contribution < -0.4 is 4.74 Å². The van der Waals surface area contributed by atoms with Crippen molar-refractivity contribution in [3.8, 4) is 5.75 Å². The summed E-state index contributed by atoms with van der Waals surface area (Å²) >= 11 is 0. The second kappa shape index (κ2) is 24.9. The van der Waals surface area contributed by atoms with E-state index < -0.39 is 12.9 Å². The van der Waals surface area contributed by atoms with Crippen LogP contribution in [0.1, 0.15) is 40.2 Å². The maximum Gasteiger partial charge on any atom is 0.508 e. The monoisotopic (exact) mass is 737 g/mol. The molecule has 0 saturated carbocycles. The average Bonchev–Trinajstić information content (AvgIpc) is 3.07. The van der Waals surface area contributed by atoms with Crippen molar-refractivity contribution in [1.29, 1.82) is 0 Å². The number of carbonyl (C=O) groups is 2. The van der Waals surface area contributed by atoms with Gasteiger partial charge in [0.2, 0.25) is 6.79 Å². The van der Waals surface area contributed by atoms with Gasteiger partial charge in [0.25, 0.3) is 6.47 Å². The number of nitrogens with zero attached hydrogens (tertiary/aromatic N) is 2. The van der Waals surface area contributed by atoms with Crippen LogP contribution in [0.25, 0.3) is 10.9 Å². The van der Waals surface area contributed by atoms with Crippen LogP contribution in [0.3, 0.4) is 0 Å². The van der Waals surface area contributed by atoms with Gasteiger partial charge in [0.1, 0.15) is 5.75 Å². The summed E-state index contributed by atoms with van der Waals surface area (Å²) < 4.78 is 19.8. The van der Waals surface area contributed by atoms with Crippen molar-refractivity contribution in [3.05, 3.63) is 37.4 Å². The molecule has 0 atom stereocenters. The third-order valence-corrected chi connectivity index (χ3v) is 3.90. The Morgan fingerprint density at radius 2 is 1.67 bits per heavy atom. The van der Waals surface area contributed by atoms with Crippen molar-refractivity contribution >= 4 is 23.5 Å². The fourth-order valence-electron chi connectivity index (χ4n) is 2.24. The van der Waals surface area contributed by atoms with Crippen LogP contribution in [0.5, 0.6) is 5.75 Å². The molecule has 10 heteroatoms. The average molecular weight is 738 g/mol. The van der Waals surface area contributed by atoms with Crippen LogP contribution in [0.2, 0.25) is 0 Å². The van der Waals surface area contributed by atoms with Gasteiger partial charge in [-0.05, 0) is 64.0 Å². The van der Waals surface area contributed by atoms with Crippen molar-refractivity contribution < 1.29 is 64.8 Å². The zero-order valence-electron chi connectivity index (χ0n) is 24.0. The molecule has 0 unspecified atom stereocenters. The van der Waals surface area contributed by atoms with Crippen LogP contribution in [0, 0.1) is 44.5 Å². The molecule has 0 bridgehead atoms. The van der Waals surface area contributed by atoms with Crippen molar-refractivity contribution in [2.75, 3.05) is 41.7 Å². The van der Waals surface area contributed by atoms with Gasteiger partial charge in [0, 0.05) is 68.9 Å². The first-order valence-corrected chi connectivity index (χ1v) is 11.1. The van der Waals surface area contributed by atoms with E-state index in [1.54, 1.807) is 14.2 Å². The Morgan fingerprint density at radius 1 is 1.14 bits per heavy atom. The predicted octanol–water partition coefficient (Wildman–Crippen LogP) is 5.26. The molecule has 0 amide bonds. The van der Waals surface area contributed by atoms with Crippen molar-refractivity contribution in [3.63, 3.8) is 0 Å². The Balaban J connectivity index is -0.000000227. The summed E-state index contributed by atoms with van der Waals surface area (Å²) in [6.45, 7) is 11.1. The SMILES string of the molecule is CC(C)C.COC(C)C.COc1ccc2c(c1)c(CCN(C)C)cn2C.O=COCOC(=O)O.[CH3-].[U]. The quantitative estimate of drug-likeness (QED) is 0.129. The van der Waals surface area contributed by atoms with Gasteiger partial charge in [0.15, 0.2) is 0 Å². The Labute approximate surface area is 241 Å². The van der Waals surface area contributed by atoms with Crippen LogP contribution in [-0.2, 0) is 32.5 Å². The van der Waals surface area contributed by atoms with Crippen LogP contribution in [0.4, 0.5) is 4.79 Å². The number of likely N-dealkylation sites (N-methyl/N-ethyl adjacent to an activating group) is 1. The molecule has 1 aromatic heterocycles. The van der Waals surface area contributed by atoms with Gasteiger partial charge in [0.05, 0.1) is 13.2 Å². The Hall–Kier alpha value is -1.73. The minimum absolute atomic E-state index is 0. The van der Waals surface area contributed by atoms with Crippen molar-refractivity contribution in [2.24, 2.45) is 13.0 Å². The number of aromatic nitrogens is 1. The van der Waals surface area contributed by atoms with Gasteiger partial charge >= 0.3 is 6.16 Å². The number of benzene rings is 1. The molecule has 9 nitrogen and oxygen atoms in total. The van der Waals surface area contributed by atoms with E-state index in [0.717, 1.165) is 24.6 Å². The van der Waals surface area contributed by atoms with E-state index in [0.29, 0.717) is 6.10 Å². The summed E-state index contributed by atoms with van der Waals surface area (Å²) in [7, 11) is 9.71. The Morgan fingerprint density at radius 3 is 2.06 bits per heavy atom. The molecule has 1 heterocycles. The zero-order valence-corrected chi connectivity index (χ0v) is 28.1. The maximum atomic E-state index is 9.46. The molecule has 0 aliphatic heterocycles. The van der Waals surface area contributed by atoms with Gasteiger partial charge in [-0.2, -0.15) is 0 Å². The molecule has 0 aliphatic carbocycles. The minimum atomic E-state index is -1.47. The second-order valence-corrected chi connectivity index (χ2v) is 8.51. The molecule has 0 radical (unpaired) electrons. The fraction of sp³-hybridized carbons (Fsp3) is 0.577. The summed E-state index contributed by atoms with van der Waals surface area (Å²) in [6.07, 6.45) is 2.20. The summed E-state index contributed by atoms with van der Waals surface area (Å²) in [5, 5.41) is 9.02. The molecule has 0 spiro atoms. The Bertz CT molecular complexity index is 806. The van der Waals surface area contributed by atoms with Crippen molar-refractivity contribution in [1.82, 2.24) is 9.47 Å². The predicted molar refractivity (Wildman–Crippen MR) is 142 cm³/mol. The number of carbonyl (C=O) groups excluding carboxylic acids is 1. The third kappa shape index (κ3) is 22.7. The number of methoxy groups -OCH3 is 2. The number of ether oxygens (including phenoxy) is 4. The molecule has 36 heavy (non-hydrogen) atoms. The first-order chi connectivity index (χ1) is 15.9. The number of hydrogen-bond acceptors (Lipinski definition) is 7. The maximum absolute atomic E-state index is 9.46. The smallest absolute Gasteiger partial charge is 0.497 e. The molecule has 0 fully saturated rings. The van der Waals surface area contributed by atoms with Crippen molar-refractivity contribution in [2.45, 2.75) is 47.1 Å². The van der Waals surface area contributed by atoms with Gasteiger partial charge in [-0.1, -0.05) is 20.8 Å². The number of hydrogen-bond donors (Lipinski definition) is 1. The van der Waals surface area contributed by atoms with E-state index in [2.05, 4.69) is 79.2 Å². The van der Waals surface area contributed by atoms with Crippen LogP contribution in [-0.4, -0.2) is 75.0 Å². The summed E-state index contributed by atoms with van der Waals surface area (Å²) in [6, 6.07) is 6.26. The number of carboxylic acid groups (broad SMARTS) is 1. The molecule has 1 N–H and O–H groups in total. The second-order valence-electron chi connectivity index (χ2n) is 8.51. The van der Waals surface area contributed by atoms with E-state index in [4.69, 9.17) is 14.6 Å². The van der Waals surface area contributed by atoms with E-state index in [9.17, 15) is 9.59 Å². The van der Waals surface area contributed by atoms with Gasteiger partial charge in [-0.25, -0.2) is 4.79 Å². The molecule has 0 saturated heterocycles. The molecular weight excluding hydrogens is 690 g/mol. The zero-order chi connectivity index (χ0) is 26.7. The fourth-order valence-corrected chi connectivity index (χ4v) is 2.24. The van der Waals surface area contributed by atoms with Crippen LogP contribution in [0.15, 0.2) is 24.4 Å². The van der Waals surface area contributed by atoms with Gasteiger partial charge in [-0.15, -0.1) is 0 Å². The number of aryl methyl sites for hydroxylation is 1. The standard InChI is InChI=1S/C14H20N2O.C4H10O.C4H10.C3H4O5.CH3.U/c1-15(2)8-7-11-10-16(3)14-6-5-12(17-4)9-13(11)14;1-4(2)5-3;1-4(2)3;4-1-7-2-8-3(5)6;;/h5-6,9-10H,7-8H2,1-4H3;4H,1-3H3;4H,1-3H3;1H,2H2,(H,5,6);1H3;/q;;;;-1;. The van der Waals surface area contributed by atoms with E-state index in [1.807, 2.05) is 19.9 Å². The van der Waals surface area contributed by atoms with E-state index in [1.165, 1.54) is 16.5 Å². The molecular formula is C26H47N2O7U-. The normalized spacial score (nSPS) is 9.36. The number of fused-ring (bicyclic) bond motifs is 1. The Kier molecular flexibility index (Phi) is 28.7. The van der Waals surface area contributed by atoms with Gasteiger partial charge in [-0.3, -0.25) is 4.79 Å². The summed E-state index contributed by atoms with van der Waals surface area (Å²) in [5.74, 6) is 1.76. The molecule has 2 rings (SSSR count). The van der Waals surface area contributed by atoms with E-state index in [-0.39, 0.29) is 45.0 Å². The molecule has 0 aliphatic rings. The van der Waals surface area contributed by atoms with Crippen LogP contribution >= 0.6 is 0 Å². The summed E-state index contributed by atoms with van der Waals surface area (Å²) in [5.41, 5.74) is 2.65. The minimum Gasteiger partial charge on any atom is -0.497 e. The van der Waals surface area contributed by atoms with Gasteiger partial charge < -0.3 is 40.9 Å². The topological polar surface area (TPSA) is 99.5 Å². The van der Waals surface area contributed by atoms with E-state index >= 15 is 0 Å². The first kappa shape index (κ1) is 41.4. The molecule has 1 aromatic carbocycles. The first-order valence-electron chi connectivity index (χ1n) is 11.1. The summed E-state index contributed by atoms with van der Waals surface area (Å²) in [4.78, 5) is 21.0. The third-order valence-electron chi connectivity index (χ3n) is 3.90. The largest absolute Gasteiger partial charge is 0.508 e. The molecule has 2 aromatic rings. The molecule has 208 valence electrons. The number of rotatable bonds is 8.